The first-order chi connectivity index (χ1) is 7.08. The van der Waals surface area contributed by atoms with E-state index in [-0.39, 0.29) is 18.6 Å². The maximum Gasteiger partial charge on any atom is 0.246 e. The molecule has 4 nitrogen and oxygen atoms in total. The van der Waals surface area contributed by atoms with Crippen molar-refractivity contribution in [1.82, 2.24) is 10.3 Å². The zero-order chi connectivity index (χ0) is 11.3. The van der Waals surface area contributed by atoms with Gasteiger partial charge in [-0.2, -0.15) is 0 Å². The van der Waals surface area contributed by atoms with Crippen LogP contribution in [-0.2, 0) is 16.1 Å². The maximum atomic E-state index is 11.3. The van der Waals surface area contributed by atoms with Crippen LogP contribution in [0.1, 0.15) is 23.7 Å². The van der Waals surface area contributed by atoms with E-state index in [1.54, 1.807) is 17.5 Å². The molecule has 0 bridgehead atoms. The van der Waals surface area contributed by atoms with E-state index >= 15 is 0 Å². The first kappa shape index (κ1) is 12.1. The zero-order valence-electron chi connectivity index (χ0n) is 9.24. The van der Waals surface area contributed by atoms with Gasteiger partial charge < -0.3 is 10.1 Å². The summed E-state index contributed by atoms with van der Waals surface area (Å²) in [6.07, 6.45) is 1.87. The van der Waals surface area contributed by atoms with E-state index in [1.807, 2.05) is 20.8 Å². The third-order valence-corrected chi connectivity index (χ3v) is 2.59. The molecule has 0 atom stereocenters. The van der Waals surface area contributed by atoms with Gasteiger partial charge in [0.2, 0.25) is 5.91 Å². The summed E-state index contributed by atoms with van der Waals surface area (Å²) in [7, 11) is 0. The molecule has 1 aromatic heterocycles. The van der Waals surface area contributed by atoms with Crippen molar-refractivity contribution in [2.45, 2.75) is 33.4 Å². The Morgan fingerprint density at radius 2 is 2.40 bits per heavy atom. The maximum absolute atomic E-state index is 11.3. The molecule has 0 aromatic carbocycles. The van der Waals surface area contributed by atoms with Crippen molar-refractivity contribution in [3.05, 3.63) is 16.1 Å². The van der Waals surface area contributed by atoms with E-state index in [0.29, 0.717) is 6.54 Å². The molecule has 0 fully saturated rings. The average Bonchev–Trinajstić information content (AvgIpc) is 2.58. The number of carbonyl (C=O) groups is 1. The van der Waals surface area contributed by atoms with Crippen molar-refractivity contribution in [2.24, 2.45) is 0 Å². The lowest BCUT2D eigenvalue weighted by Crippen LogP contribution is -2.28. The highest BCUT2D eigenvalue weighted by Crippen LogP contribution is 2.10. The van der Waals surface area contributed by atoms with Gasteiger partial charge in [0, 0.05) is 11.1 Å². The van der Waals surface area contributed by atoms with Crippen molar-refractivity contribution >= 4 is 17.2 Å². The molecule has 0 aliphatic carbocycles. The molecule has 0 unspecified atom stereocenters. The predicted octanol–water partition coefficient (Wildman–Crippen LogP) is 1.49. The molecular weight excluding hydrogens is 212 g/mol. The molecule has 0 radical (unpaired) electrons. The smallest absolute Gasteiger partial charge is 0.246 e. The molecule has 0 aliphatic heterocycles. The van der Waals surface area contributed by atoms with Crippen LogP contribution in [0.4, 0.5) is 0 Å². The summed E-state index contributed by atoms with van der Waals surface area (Å²) in [5, 5.41) is 3.79. The number of amides is 1. The molecule has 0 spiro atoms. The molecule has 1 aromatic rings. The summed E-state index contributed by atoms with van der Waals surface area (Å²) in [5.41, 5.74) is 0. The summed E-state index contributed by atoms with van der Waals surface area (Å²) >= 11 is 1.59. The fourth-order valence-electron chi connectivity index (χ4n) is 0.966. The van der Waals surface area contributed by atoms with Crippen molar-refractivity contribution in [3.8, 4) is 0 Å². The highest BCUT2D eigenvalue weighted by atomic mass is 32.1. The number of aromatic nitrogens is 1. The fraction of sp³-hybridized carbons (Fsp3) is 0.600. The molecule has 5 heteroatoms. The van der Waals surface area contributed by atoms with E-state index in [1.165, 1.54) is 0 Å². The number of thiazole rings is 1. The molecule has 0 saturated heterocycles. The number of carbonyl (C=O) groups excluding carboxylic acids is 1. The number of hydrogen-bond donors (Lipinski definition) is 1. The van der Waals surface area contributed by atoms with Crippen LogP contribution in [0, 0.1) is 6.92 Å². The van der Waals surface area contributed by atoms with Gasteiger partial charge in [0.05, 0.1) is 17.7 Å². The SMILES string of the molecule is Cc1ncc(CNC(=O)COC(C)C)s1. The van der Waals surface area contributed by atoms with E-state index < -0.39 is 0 Å². The van der Waals surface area contributed by atoms with Crippen LogP contribution in [-0.4, -0.2) is 23.6 Å². The Bertz CT molecular complexity index is 323. The van der Waals surface area contributed by atoms with Gasteiger partial charge in [-0.05, 0) is 20.8 Å². The second kappa shape index (κ2) is 5.82. The van der Waals surface area contributed by atoms with Crippen molar-refractivity contribution in [2.75, 3.05) is 6.61 Å². The number of nitrogens with zero attached hydrogens (tertiary/aromatic N) is 1. The Kier molecular flexibility index (Phi) is 4.71. The highest BCUT2D eigenvalue weighted by Gasteiger charge is 2.04. The average molecular weight is 228 g/mol. The molecule has 15 heavy (non-hydrogen) atoms. The van der Waals surface area contributed by atoms with Gasteiger partial charge >= 0.3 is 0 Å². The summed E-state index contributed by atoms with van der Waals surface area (Å²) in [5.74, 6) is -0.0882. The topological polar surface area (TPSA) is 51.2 Å². The van der Waals surface area contributed by atoms with Crippen LogP contribution in [0.2, 0.25) is 0 Å². The number of aryl methyl sites for hydroxylation is 1. The standard InChI is InChI=1S/C10H16N2O2S/c1-7(2)14-6-10(13)12-5-9-4-11-8(3)15-9/h4,7H,5-6H2,1-3H3,(H,12,13). The molecule has 1 heterocycles. The van der Waals surface area contributed by atoms with Crippen LogP contribution in [0.25, 0.3) is 0 Å². The predicted molar refractivity (Wildman–Crippen MR) is 59.8 cm³/mol. The van der Waals surface area contributed by atoms with Crippen LogP contribution >= 0.6 is 11.3 Å². The summed E-state index contributed by atoms with van der Waals surface area (Å²) in [6.45, 7) is 6.40. The second-order valence-corrected chi connectivity index (χ2v) is 4.80. The van der Waals surface area contributed by atoms with E-state index in [4.69, 9.17) is 4.74 Å². The first-order valence-electron chi connectivity index (χ1n) is 4.87. The quantitative estimate of drug-likeness (QED) is 0.830. The molecule has 1 amide bonds. The Morgan fingerprint density at radius 1 is 1.67 bits per heavy atom. The zero-order valence-corrected chi connectivity index (χ0v) is 10.1. The number of ether oxygens (including phenoxy) is 1. The van der Waals surface area contributed by atoms with Gasteiger partial charge in [-0.3, -0.25) is 4.79 Å². The van der Waals surface area contributed by atoms with E-state index in [2.05, 4.69) is 10.3 Å². The van der Waals surface area contributed by atoms with Gasteiger partial charge in [-0.15, -0.1) is 11.3 Å². The molecule has 84 valence electrons. The van der Waals surface area contributed by atoms with Crippen molar-refractivity contribution in [3.63, 3.8) is 0 Å². The Balaban J connectivity index is 2.22. The summed E-state index contributed by atoms with van der Waals surface area (Å²) < 4.78 is 5.17. The van der Waals surface area contributed by atoms with Crippen molar-refractivity contribution in [1.29, 1.82) is 0 Å². The lowest BCUT2D eigenvalue weighted by atomic mass is 10.4. The Morgan fingerprint density at radius 3 is 2.93 bits per heavy atom. The molecular formula is C10H16N2O2S. The van der Waals surface area contributed by atoms with Crippen LogP contribution in [0.3, 0.4) is 0 Å². The molecule has 0 aliphatic rings. The minimum Gasteiger partial charge on any atom is -0.369 e. The van der Waals surface area contributed by atoms with Gasteiger partial charge in [0.1, 0.15) is 6.61 Å². The minimum atomic E-state index is -0.0882. The van der Waals surface area contributed by atoms with Crippen LogP contribution in [0.15, 0.2) is 6.20 Å². The number of nitrogens with one attached hydrogen (secondary N) is 1. The number of rotatable bonds is 5. The van der Waals surface area contributed by atoms with Gasteiger partial charge in [-0.1, -0.05) is 0 Å². The van der Waals surface area contributed by atoms with Gasteiger partial charge in [0.25, 0.3) is 0 Å². The van der Waals surface area contributed by atoms with Gasteiger partial charge in [0.15, 0.2) is 0 Å². The van der Waals surface area contributed by atoms with Crippen LogP contribution < -0.4 is 5.32 Å². The summed E-state index contributed by atoms with van der Waals surface area (Å²) in [4.78, 5) is 16.4. The Labute approximate surface area is 93.7 Å². The van der Waals surface area contributed by atoms with E-state index in [9.17, 15) is 4.79 Å². The van der Waals surface area contributed by atoms with Crippen molar-refractivity contribution < 1.29 is 9.53 Å². The first-order valence-corrected chi connectivity index (χ1v) is 5.69. The third kappa shape index (κ3) is 4.90. The normalized spacial score (nSPS) is 10.7. The fourth-order valence-corrected chi connectivity index (χ4v) is 1.70. The third-order valence-electron chi connectivity index (χ3n) is 1.68. The largest absolute Gasteiger partial charge is 0.369 e. The van der Waals surface area contributed by atoms with Crippen LogP contribution in [0.5, 0.6) is 0 Å². The summed E-state index contributed by atoms with van der Waals surface area (Å²) in [6, 6.07) is 0. The monoisotopic (exact) mass is 228 g/mol. The molecule has 1 N–H and O–H groups in total. The van der Waals surface area contributed by atoms with E-state index in [0.717, 1.165) is 9.88 Å². The second-order valence-electron chi connectivity index (χ2n) is 3.48. The number of hydrogen-bond acceptors (Lipinski definition) is 4. The Hall–Kier alpha value is -0.940. The lowest BCUT2D eigenvalue weighted by Gasteiger charge is -2.07. The van der Waals surface area contributed by atoms with Gasteiger partial charge in [-0.25, -0.2) is 4.98 Å². The highest BCUT2D eigenvalue weighted by molar-refractivity contribution is 7.11. The molecule has 1 rings (SSSR count). The molecule has 0 saturated carbocycles. The minimum absolute atomic E-state index is 0.0846. The lowest BCUT2D eigenvalue weighted by molar-refractivity contribution is -0.127.